The zero-order valence-electron chi connectivity index (χ0n) is 15.5. The van der Waals surface area contributed by atoms with Gasteiger partial charge in [0.15, 0.2) is 0 Å². The number of rotatable bonds is 7. The van der Waals surface area contributed by atoms with Crippen LogP contribution in [0.1, 0.15) is 54.1 Å². The van der Waals surface area contributed by atoms with Crippen LogP contribution in [0.15, 0.2) is 10.9 Å². The molecule has 0 radical (unpaired) electrons. The Labute approximate surface area is 149 Å². The highest BCUT2D eigenvalue weighted by Gasteiger charge is 2.32. The van der Waals surface area contributed by atoms with Crippen molar-refractivity contribution in [3.05, 3.63) is 34.7 Å². The minimum absolute atomic E-state index is 0.380. The molecule has 0 aromatic carbocycles. The largest absolute Gasteiger partial charge is 0.381 e. The van der Waals surface area contributed by atoms with E-state index in [1.807, 2.05) is 20.2 Å². The van der Waals surface area contributed by atoms with Crippen molar-refractivity contribution in [2.45, 2.75) is 59.2 Å². The van der Waals surface area contributed by atoms with Gasteiger partial charge in [-0.25, -0.2) is 4.98 Å². The minimum atomic E-state index is 0.380. The van der Waals surface area contributed by atoms with Gasteiger partial charge in [-0.3, -0.25) is 4.90 Å². The fourth-order valence-corrected chi connectivity index (χ4v) is 3.89. The highest BCUT2D eigenvalue weighted by atomic mass is 16.5. The Hall–Kier alpha value is -1.66. The van der Waals surface area contributed by atoms with Crippen LogP contribution in [0.25, 0.3) is 0 Å². The van der Waals surface area contributed by atoms with E-state index in [9.17, 15) is 0 Å². The average Bonchev–Trinajstić information content (AvgIpc) is 3.26. The fraction of sp³-hybridized carbons (Fsp3) is 0.684. The van der Waals surface area contributed by atoms with Crippen LogP contribution in [0.5, 0.6) is 0 Å². The molecule has 0 spiro atoms. The molecule has 3 heterocycles. The molecule has 0 bridgehead atoms. The molecule has 0 amide bonds. The number of hydrogen-bond donors (Lipinski definition) is 0. The molecule has 0 N–H and O–H groups in total. The lowest BCUT2D eigenvalue weighted by Crippen LogP contribution is -2.36. The van der Waals surface area contributed by atoms with E-state index in [1.54, 1.807) is 0 Å². The van der Waals surface area contributed by atoms with E-state index in [0.717, 1.165) is 56.8 Å². The van der Waals surface area contributed by atoms with E-state index in [-0.39, 0.29) is 0 Å². The van der Waals surface area contributed by atoms with Crippen LogP contribution in [0, 0.1) is 19.8 Å². The topological polar surface area (TPSA) is 56.3 Å². The lowest BCUT2D eigenvalue weighted by Gasteiger charge is -2.33. The molecule has 1 unspecified atom stereocenters. The van der Waals surface area contributed by atoms with Crippen molar-refractivity contribution in [1.82, 2.24) is 19.6 Å². The minimum Gasteiger partial charge on any atom is -0.381 e. The molecule has 6 nitrogen and oxygen atoms in total. The molecular weight excluding hydrogens is 316 g/mol. The van der Waals surface area contributed by atoms with Gasteiger partial charge in [0.2, 0.25) is 0 Å². The fourth-order valence-electron chi connectivity index (χ4n) is 3.89. The van der Waals surface area contributed by atoms with Gasteiger partial charge in [-0.05, 0) is 39.5 Å². The monoisotopic (exact) mass is 344 g/mol. The third-order valence-corrected chi connectivity index (χ3v) is 5.43. The normalized spacial score (nSPS) is 20.8. The highest BCUT2D eigenvalue weighted by molar-refractivity contribution is 5.25. The van der Waals surface area contributed by atoms with E-state index in [0.29, 0.717) is 5.92 Å². The second-order valence-corrected chi connectivity index (χ2v) is 7.50. The maximum absolute atomic E-state index is 5.81. The highest BCUT2D eigenvalue weighted by Crippen LogP contribution is 2.35. The number of aromatic nitrogens is 3. The Kier molecular flexibility index (Phi) is 4.65. The molecule has 1 saturated carbocycles. The Morgan fingerprint density at radius 1 is 1.32 bits per heavy atom. The average molecular weight is 344 g/mol. The second-order valence-electron chi connectivity index (χ2n) is 7.50. The number of imidazole rings is 1. The van der Waals surface area contributed by atoms with E-state index >= 15 is 0 Å². The van der Waals surface area contributed by atoms with E-state index in [2.05, 4.69) is 21.5 Å². The summed E-state index contributed by atoms with van der Waals surface area (Å²) in [5.41, 5.74) is 4.80. The molecular formula is C19H28N4O2. The Balaban J connectivity index is 1.55. The van der Waals surface area contributed by atoms with Crippen molar-refractivity contribution in [3.63, 3.8) is 0 Å². The molecule has 2 aromatic heterocycles. The van der Waals surface area contributed by atoms with E-state index in [1.165, 1.54) is 29.8 Å². The van der Waals surface area contributed by atoms with Crippen LogP contribution in [0.2, 0.25) is 0 Å². The Bertz CT molecular complexity index is 712. The summed E-state index contributed by atoms with van der Waals surface area (Å²) in [6, 6.07) is 0. The van der Waals surface area contributed by atoms with Gasteiger partial charge in [-0.2, -0.15) is 0 Å². The molecule has 136 valence electrons. The predicted octanol–water partition coefficient (Wildman–Crippen LogP) is 3.03. The smallest absolute Gasteiger partial charge is 0.138 e. The first kappa shape index (κ1) is 16.8. The van der Waals surface area contributed by atoms with Crippen LogP contribution in [0.4, 0.5) is 0 Å². The lowest BCUT2D eigenvalue weighted by atomic mass is 9.98. The summed E-state index contributed by atoms with van der Waals surface area (Å²) in [7, 11) is 0. The van der Waals surface area contributed by atoms with E-state index < -0.39 is 0 Å². The predicted molar refractivity (Wildman–Crippen MR) is 94.3 cm³/mol. The van der Waals surface area contributed by atoms with Gasteiger partial charge in [-0.15, -0.1) is 0 Å². The SMILES string of the molecule is CCOCC1CN(Cc2c(C)noc2C)Cc2ncn(CC3CC3)c21. The van der Waals surface area contributed by atoms with Gasteiger partial charge in [0.05, 0.1) is 24.3 Å². The molecule has 6 heteroatoms. The summed E-state index contributed by atoms with van der Waals surface area (Å²) >= 11 is 0. The van der Waals surface area contributed by atoms with Gasteiger partial charge in [-0.1, -0.05) is 5.16 Å². The zero-order chi connectivity index (χ0) is 17.4. The maximum atomic E-state index is 5.81. The summed E-state index contributed by atoms with van der Waals surface area (Å²) in [5, 5.41) is 4.09. The second kappa shape index (κ2) is 6.92. The molecule has 1 fully saturated rings. The van der Waals surface area contributed by atoms with E-state index in [4.69, 9.17) is 14.2 Å². The third-order valence-electron chi connectivity index (χ3n) is 5.43. The van der Waals surface area contributed by atoms with Crippen molar-refractivity contribution in [1.29, 1.82) is 0 Å². The molecule has 1 aliphatic heterocycles. The van der Waals surface area contributed by atoms with Crippen LogP contribution >= 0.6 is 0 Å². The standard InChI is InChI=1S/C19H28N4O2/c1-4-24-11-16-8-22(9-17-13(2)21-25-14(17)3)10-18-19(16)23(12-20-18)7-15-5-6-15/h12,15-16H,4-11H2,1-3H3. The van der Waals surface area contributed by atoms with Crippen LogP contribution in [-0.2, 0) is 24.4 Å². The number of nitrogens with zero attached hydrogens (tertiary/aromatic N) is 4. The summed E-state index contributed by atoms with van der Waals surface area (Å²) in [4.78, 5) is 7.20. The lowest BCUT2D eigenvalue weighted by molar-refractivity contribution is 0.101. The quantitative estimate of drug-likeness (QED) is 0.773. The molecule has 1 atom stereocenters. The van der Waals surface area contributed by atoms with Gasteiger partial charge >= 0.3 is 0 Å². The molecule has 4 rings (SSSR count). The zero-order valence-corrected chi connectivity index (χ0v) is 15.5. The molecule has 2 aromatic rings. The van der Waals surface area contributed by atoms with Crippen molar-refractivity contribution in [2.24, 2.45) is 5.92 Å². The van der Waals surface area contributed by atoms with Crippen molar-refractivity contribution in [3.8, 4) is 0 Å². The molecule has 1 aliphatic carbocycles. The van der Waals surface area contributed by atoms with Crippen LogP contribution in [-0.4, -0.2) is 39.4 Å². The number of aryl methyl sites for hydroxylation is 2. The number of hydrogen-bond acceptors (Lipinski definition) is 5. The van der Waals surface area contributed by atoms with Crippen molar-refractivity contribution in [2.75, 3.05) is 19.8 Å². The van der Waals surface area contributed by atoms with Gasteiger partial charge in [0, 0.05) is 50.0 Å². The first-order chi connectivity index (χ1) is 12.2. The maximum Gasteiger partial charge on any atom is 0.138 e. The summed E-state index contributed by atoms with van der Waals surface area (Å²) in [6.45, 7) is 11.5. The molecule has 2 aliphatic rings. The van der Waals surface area contributed by atoms with Crippen molar-refractivity contribution >= 4 is 0 Å². The van der Waals surface area contributed by atoms with Gasteiger partial charge < -0.3 is 13.8 Å². The van der Waals surface area contributed by atoms with Crippen LogP contribution < -0.4 is 0 Å². The summed E-state index contributed by atoms with van der Waals surface area (Å²) < 4.78 is 13.5. The van der Waals surface area contributed by atoms with Gasteiger partial charge in [0.25, 0.3) is 0 Å². The van der Waals surface area contributed by atoms with Crippen LogP contribution in [0.3, 0.4) is 0 Å². The molecule has 0 saturated heterocycles. The number of fused-ring (bicyclic) bond motifs is 1. The van der Waals surface area contributed by atoms with Gasteiger partial charge in [0.1, 0.15) is 5.76 Å². The summed E-state index contributed by atoms with van der Waals surface area (Å²) in [5.74, 6) is 2.15. The Morgan fingerprint density at radius 2 is 2.16 bits per heavy atom. The first-order valence-corrected chi connectivity index (χ1v) is 9.41. The van der Waals surface area contributed by atoms with Crippen molar-refractivity contribution < 1.29 is 9.26 Å². The Morgan fingerprint density at radius 3 is 2.84 bits per heavy atom. The third kappa shape index (κ3) is 3.51. The summed E-state index contributed by atoms with van der Waals surface area (Å²) in [6.07, 6.45) is 4.77. The molecule has 25 heavy (non-hydrogen) atoms. The number of ether oxygens (including phenoxy) is 1. The first-order valence-electron chi connectivity index (χ1n) is 9.41.